The summed E-state index contributed by atoms with van der Waals surface area (Å²) in [7, 11) is 4.28. The number of quaternary nitrogens is 1. The number of nitrogens with one attached hydrogen (secondary N) is 1. The Morgan fingerprint density at radius 2 is 1.96 bits per heavy atom. The van der Waals surface area contributed by atoms with Crippen molar-refractivity contribution in [1.82, 2.24) is 0 Å². The molecule has 0 bridgehead atoms. The lowest BCUT2D eigenvalue weighted by Gasteiger charge is -2.11. The molecule has 2 aromatic rings. The van der Waals surface area contributed by atoms with Gasteiger partial charge in [-0.25, -0.2) is 0 Å². The number of hydrogen-bond acceptors (Lipinski definition) is 3. The zero-order valence-electron chi connectivity index (χ0n) is 13.6. The van der Waals surface area contributed by atoms with Gasteiger partial charge in [-0.3, -0.25) is 4.79 Å². The molecular formula is C19H22NO2S+. The first-order chi connectivity index (χ1) is 11.1. The molecule has 2 aromatic carbocycles. The predicted molar refractivity (Wildman–Crippen MR) is 92.8 cm³/mol. The van der Waals surface area contributed by atoms with Crippen molar-refractivity contribution in [2.24, 2.45) is 0 Å². The number of ether oxygens (including phenoxy) is 1. The van der Waals surface area contributed by atoms with Crippen LogP contribution in [0.2, 0.25) is 0 Å². The van der Waals surface area contributed by atoms with E-state index in [1.807, 2.05) is 36.4 Å². The van der Waals surface area contributed by atoms with E-state index in [1.165, 1.54) is 4.90 Å². The van der Waals surface area contributed by atoms with E-state index in [9.17, 15) is 4.79 Å². The van der Waals surface area contributed by atoms with Gasteiger partial charge in [0.2, 0.25) is 0 Å². The van der Waals surface area contributed by atoms with Crippen LogP contribution in [0.3, 0.4) is 0 Å². The van der Waals surface area contributed by atoms with Gasteiger partial charge in [0.25, 0.3) is 0 Å². The number of Topliss-reactive ketones (excluding diaryl/α,β-unsaturated/α-hetero) is 1. The van der Waals surface area contributed by atoms with Crippen molar-refractivity contribution in [3.63, 3.8) is 0 Å². The maximum Gasteiger partial charge on any atom is 0.168 e. The minimum absolute atomic E-state index is 0.181. The molecule has 1 aliphatic heterocycles. The topological polar surface area (TPSA) is 30.7 Å². The second-order valence-corrected chi connectivity index (χ2v) is 7.21. The minimum atomic E-state index is 0.181. The van der Waals surface area contributed by atoms with Gasteiger partial charge in [0.05, 0.1) is 27.2 Å². The third-order valence-corrected chi connectivity index (χ3v) is 5.06. The second-order valence-electron chi connectivity index (χ2n) is 6.13. The fourth-order valence-corrected chi connectivity index (χ4v) is 3.78. The van der Waals surface area contributed by atoms with Gasteiger partial charge in [0, 0.05) is 28.2 Å². The number of rotatable bonds is 5. The Morgan fingerprint density at radius 3 is 2.78 bits per heavy atom. The number of benzene rings is 2. The standard InChI is InChI=1S/C19H21NO2S/c1-20(2)10-5-11-22-15-8-9-16-17(21)12-14-6-3-4-7-18(14)23-19(16)13-15/h3-4,6-9,13H,5,10-12H2,1-2H3/p+1. The van der Waals surface area contributed by atoms with E-state index in [0.29, 0.717) is 13.0 Å². The summed E-state index contributed by atoms with van der Waals surface area (Å²) in [5, 5.41) is 0. The van der Waals surface area contributed by atoms with Crippen LogP contribution < -0.4 is 9.64 Å². The van der Waals surface area contributed by atoms with Gasteiger partial charge in [-0.2, -0.15) is 0 Å². The fourth-order valence-electron chi connectivity index (χ4n) is 2.66. The van der Waals surface area contributed by atoms with E-state index < -0.39 is 0 Å². The fraction of sp³-hybridized carbons (Fsp3) is 0.316. The van der Waals surface area contributed by atoms with Gasteiger partial charge in [0.1, 0.15) is 5.75 Å². The van der Waals surface area contributed by atoms with E-state index in [-0.39, 0.29) is 5.78 Å². The Kier molecular flexibility index (Phi) is 5.03. The maximum absolute atomic E-state index is 12.5. The highest BCUT2D eigenvalue weighted by Crippen LogP contribution is 2.38. The largest absolute Gasteiger partial charge is 0.493 e. The molecule has 0 aromatic heterocycles. The molecule has 0 atom stereocenters. The molecule has 0 saturated heterocycles. The highest BCUT2D eigenvalue weighted by Gasteiger charge is 2.20. The summed E-state index contributed by atoms with van der Waals surface area (Å²) >= 11 is 1.66. The molecule has 3 nitrogen and oxygen atoms in total. The molecule has 23 heavy (non-hydrogen) atoms. The molecule has 1 aliphatic rings. The van der Waals surface area contributed by atoms with Crippen LogP contribution in [-0.4, -0.2) is 33.0 Å². The van der Waals surface area contributed by atoms with Crippen LogP contribution in [0, 0.1) is 0 Å². The van der Waals surface area contributed by atoms with Crippen LogP contribution in [0.4, 0.5) is 0 Å². The lowest BCUT2D eigenvalue weighted by atomic mass is 10.0. The summed E-state index contributed by atoms with van der Waals surface area (Å²) in [6.07, 6.45) is 1.50. The Bertz CT molecular complexity index is 712. The van der Waals surface area contributed by atoms with Crippen LogP contribution in [0.15, 0.2) is 52.3 Å². The van der Waals surface area contributed by atoms with Gasteiger partial charge >= 0.3 is 0 Å². The lowest BCUT2D eigenvalue weighted by Crippen LogP contribution is -3.05. The van der Waals surface area contributed by atoms with Crippen LogP contribution in [0.1, 0.15) is 22.3 Å². The van der Waals surface area contributed by atoms with E-state index in [4.69, 9.17) is 4.74 Å². The van der Waals surface area contributed by atoms with Gasteiger partial charge < -0.3 is 9.64 Å². The summed E-state index contributed by atoms with van der Waals surface area (Å²) in [5.74, 6) is 1.03. The number of ketones is 1. The minimum Gasteiger partial charge on any atom is -0.493 e. The van der Waals surface area contributed by atoms with Crippen molar-refractivity contribution in [2.75, 3.05) is 27.2 Å². The summed E-state index contributed by atoms with van der Waals surface area (Å²) in [5.41, 5.74) is 1.91. The second kappa shape index (κ2) is 7.20. The maximum atomic E-state index is 12.5. The van der Waals surface area contributed by atoms with Crippen molar-refractivity contribution >= 4 is 17.5 Å². The normalized spacial score (nSPS) is 13.4. The number of carbonyl (C=O) groups excluding carboxylic acids is 1. The molecule has 0 radical (unpaired) electrons. The molecule has 1 heterocycles. The average Bonchev–Trinajstić information content (AvgIpc) is 2.67. The Labute approximate surface area is 141 Å². The molecule has 120 valence electrons. The average molecular weight is 328 g/mol. The highest BCUT2D eigenvalue weighted by atomic mass is 32.2. The van der Waals surface area contributed by atoms with E-state index in [2.05, 4.69) is 20.2 Å². The summed E-state index contributed by atoms with van der Waals surface area (Å²) in [6.45, 7) is 1.80. The van der Waals surface area contributed by atoms with Gasteiger partial charge in [-0.15, -0.1) is 0 Å². The molecule has 0 fully saturated rings. The van der Waals surface area contributed by atoms with Crippen LogP contribution >= 0.6 is 11.8 Å². The quantitative estimate of drug-likeness (QED) is 0.856. The summed E-state index contributed by atoms with van der Waals surface area (Å²) in [4.78, 5) is 16.0. The Morgan fingerprint density at radius 1 is 1.13 bits per heavy atom. The van der Waals surface area contributed by atoms with E-state index in [0.717, 1.165) is 39.6 Å². The smallest absolute Gasteiger partial charge is 0.168 e. The molecule has 0 spiro atoms. The molecule has 0 amide bonds. The lowest BCUT2D eigenvalue weighted by molar-refractivity contribution is -0.858. The van der Waals surface area contributed by atoms with Crippen LogP contribution in [-0.2, 0) is 6.42 Å². The number of carbonyl (C=O) groups is 1. The SMILES string of the molecule is C[NH+](C)CCCOc1ccc2c(c1)Sc1ccccc1CC2=O. The van der Waals surface area contributed by atoms with Crippen molar-refractivity contribution < 1.29 is 14.4 Å². The first-order valence-electron chi connectivity index (χ1n) is 7.98. The predicted octanol–water partition coefficient (Wildman–Crippen LogP) is 2.49. The Balaban J connectivity index is 1.77. The van der Waals surface area contributed by atoms with Gasteiger partial charge in [0.15, 0.2) is 5.78 Å². The molecule has 3 rings (SSSR count). The third kappa shape index (κ3) is 3.95. The zero-order valence-corrected chi connectivity index (χ0v) is 14.4. The van der Waals surface area contributed by atoms with Crippen molar-refractivity contribution in [2.45, 2.75) is 22.6 Å². The van der Waals surface area contributed by atoms with E-state index >= 15 is 0 Å². The molecule has 4 heteroatoms. The summed E-state index contributed by atoms with van der Waals surface area (Å²) < 4.78 is 5.85. The first-order valence-corrected chi connectivity index (χ1v) is 8.80. The molecule has 0 saturated carbocycles. The number of hydrogen-bond donors (Lipinski definition) is 1. The van der Waals surface area contributed by atoms with Crippen molar-refractivity contribution in [3.8, 4) is 5.75 Å². The molecule has 0 aliphatic carbocycles. The van der Waals surface area contributed by atoms with Crippen LogP contribution in [0.5, 0.6) is 5.75 Å². The first kappa shape index (κ1) is 16.1. The highest BCUT2D eigenvalue weighted by molar-refractivity contribution is 7.99. The molecule has 0 unspecified atom stereocenters. The molecule has 1 N–H and O–H groups in total. The molecular weight excluding hydrogens is 306 g/mol. The monoisotopic (exact) mass is 328 g/mol. The number of fused-ring (bicyclic) bond motifs is 2. The van der Waals surface area contributed by atoms with Crippen LogP contribution in [0.25, 0.3) is 0 Å². The Hall–Kier alpha value is -1.78. The van der Waals surface area contributed by atoms with Crippen molar-refractivity contribution in [1.29, 1.82) is 0 Å². The van der Waals surface area contributed by atoms with E-state index in [1.54, 1.807) is 11.8 Å². The van der Waals surface area contributed by atoms with Gasteiger partial charge in [-0.1, -0.05) is 30.0 Å². The summed E-state index contributed by atoms with van der Waals surface area (Å²) in [6, 6.07) is 13.9. The van der Waals surface area contributed by atoms with Crippen molar-refractivity contribution in [3.05, 3.63) is 53.6 Å². The zero-order chi connectivity index (χ0) is 16.2. The van der Waals surface area contributed by atoms with Gasteiger partial charge in [-0.05, 0) is 29.8 Å². The third-order valence-electron chi connectivity index (χ3n) is 3.89.